The maximum Gasteiger partial charge on any atom is 0.261 e. The Morgan fingerprint density at radius 2 is 2.27 bits per heavy atom. The van der Waals surface area contributed by atoms with Crippen molar-refractivity contribution in [2.45, 2.75) is 32.7 Å². The van der Waals surface area contributed by atoms with Gasteiger partial charge in [0.2, 0.25) is 0 Å². The van der Waals surface area contributed by atoms with Gasteiger partial charge in [-0.3, -0.25) is 4.79 Å². The molecule has 4 heteroatoms. The highest BCUT2D eigenvalue weighted by atomic mass is 32.1. The fourth-order valence-electron chi connectivity index (χ4n) is 2.87. The van der Waals surface area contributed by atoms with Crippen LogP contribution in [0.2, 0.25) is 0 Å². The summed E-state index contributed by atoms with van der Waals surface area (Å²) >= 11 is 1.65. The molecule has 1 aliphatic carbocycles. The topological polar surface area (TPSA) is 38.3 Å². The molecule has 1 aromatic heterocycles. The smallest absolute Gasteiger partial charge is 0.261 e. The number of carbonyl (C=O) groups is 1. The van der Waals surface area contributed by atoms with Gasteiger partial charge in [0.15, 0.2) is 0 Å². The number of hydrogen-bond donors (Lipinski definition) is 1. The molecule has 1 aromatic carbocycles. The largest absolute Gasteiger partial charge is 0.497 e. The Morgan fingerprint density at radius 3 is 3.09 bits per heavy atom. The van der Waals surface area contributed by atoms with Crippen molar-refractivity contribution >= 4 is 17.2 Å². The monoisotopic (exact) mass is 315 g/mol. The fraction of sp³-hybridized carbons (Fsp3) is 0.389. The van der Waals surface area contributed by atoms with Gasteiger partial charge in [-0.2, -0.15) is 0 Å². The second-order valence-corrected chi connectivity index (χ2v) is 7.08. The lowest BCUT2D eigenvalue weighted by atomic mass is 9.90. The van der Waals surface area contributed by atoms with Crippen LogP contribution in [0.5, 0.6) is 5.75 Å². The van der Waals surface area contributed by atoms with Crippen LogP contribution < -0.4 is 10.1 Å². The van der Waals surface area contributed by atoms with Crippen LogP contribution >= 0.6 is 11.3 Å². The van der Waals surface area contributed by atoms with Crippen molar-refractivity contribution in [1.82, 2.24) is 5.32 Å². The highest BCUT2D eigenvalue weighted by Crippen LogP contribution is 2.32. The molecule has 0 saturated carbocycles. The van der Waals surface area contributed by atoms with Crippen LogP contribution in [0.3, 0.4) is 0 Å². The minimum Gasteiger partial charge on any atom is -0.497 e. The van der Waals surface area contributed by atoms with Gasteiger partial charge in [0.05, 0.1) is 12.0 Å². The quantitative estimate of drug-likeness (QED) is 0.931. The molecule has 3 rings (SSSR count). The molecule has 0 radical (unpaired) electrons. The van der Waals surface area contributed by atoms with Gasteiger partial charge in [0.1, 0.15) is 5.75 Å². The van der Waals surface area contributed by atoms with E-state index < -0.39 is 0 Å². The lowest BCUT2D eigenvalue weighted by Crippen LogP contribution is -2.21. The van der Waals surface area contributed by atoms with Crippen molar-refractivity contribution in [2.24, 2.45) is 5.92 Å². The summed E-state index contributed by atoms with van der Waals surface area (Å²) in [6.07, 6.45) is 3.46. The second-order valence-electron chi connectivity index (χ2n) is 5.94. The molecular formula is C18H21NO2S. The Morgan fingerprint density at radius 1 is 1.41 bits per heavy atom. The van der Waals surface area contributed by atoms with Crippen molar-refractivity contribution in [1.29, 1.82) is 0 Å². The first-order valence-electron chi connectivity index (χ1n) is 7.68. The molecule has 1 heterocycles. The second kappa shape index (κ2) is 6.53. The van der Waals surface area contributed by atoms with Crippen LogP contribution in [0.25, 0.3) is 0 Å². The summed E-state index contributed by atoms with van der Waals surface area (Å²) in [7, 11) is 1.65. The summed E-state index contributed by atoms with van der Waals surface area (Å²) in [6, 6.07) is 9.85. The molecule has 0 saturated heterocycles. The Kier molecular flexibility index (Phi) is 4.48. The molecule has 1 amide bonds. The van der Waals surface area contributed by atoms with Crippen LogP contribution in [-0.4, -0.2) is 13.0 Å². The van der Waals surface area contributed by atoms with Crippen molar-refractivity contribution < 1.29 is 9.53 Å². The number of thiophene rings is 1. The predicted octanol–water partition coefficient (Wildman–Crippen LogP) is 3.81. The Balaban J connectivity index is 1.65. The normalized spacial score (nSPS) is 16.9. The average molecular weight is 315 g/mol. The van der Waals surface area contributed by atoms with E-state index in [-0.39, 0.29) is 5.91 Å². The molecule has 116 valence electrons. The van der Waals surface area contributed by atoms with Gasteiger partial charge in [-0.1, -0.05) is 19.1 Å². The molecule has 1 atom stereocenters. The molecule has 0 spiro atoms. The molecule has 0 fully saturated rings. The standard InChI is InChI=1S/C18H21NO2S/c1-12-6-7-16-14(8-12)10-17(22-16)18(20)19-11-13-4-3-5-15(9-13)21-2/h3-5,9-10,12H,6-8,11H2,1-2H3,(H,19,20)/t12-/m1/s1. The van der Waals surface area contributed by atoms with Crippen LogP contribution in [0.15, 0.2) is 30.3 Å². The summed E-state index contributed by atoms with van der Waals surface area (Å²) in [6.45, 7) is 2.80. The minimum absolute atomic E-state index is 0.0230. The van der Waals surface area contributed by atoms with Gasteiger partial charge in [0.25, 0.3) is 5.91 Å². The number of fused-ring (bicyclic) bond motifs is 1. The maximum absolute atomic E-state index is 12.3. The van der Waals surface area contributed by atoms with E-state index in [1.807, 2.05) is 24.3 Å². The lowest BCUT2D eigenvalue weighted by molar-refractivity contribution is 0.0955. The molecule has 3 nitrogen and oxygen atoms in total. The van der Waals surface area contributed by atoms with Crippen molar-refractivity contribution in [3.8, 4) is 5.75 Å². The van der Waals surface area contributed by atoms with Crippen LogP contribution in [0.4, 0.5) is 0 Å². The van der Waals surface area contributed by atoms with E-state index in [1.165, 1.54) is 16.9 Å². The number of hydrogen-bond acceptors (Lipinski definition) is 3. The van der Waals surface area contributed by atoms with Crippen molar-refractivity contribution in [2.75, 3.05) is 7.11 Å². The molecule has 0 unspecified atom stereocenters. The molecule has 2 aromatic rings. The number of methoxy groups -OCH3 is 1. The number of rotatable bonds is 4. The first kappa shape index (κ1) is 15.1. The number of amides is 1. The molecule has 0 aliphatic heterocycles. The lowest BCUT2D eigenvalue weighted by Gasteiger charge is -2.16. The van der Waals surface area contributed by atoms with E-state index in [0.29, 0.717) is 6.54 Å². The minimum atomic E-state index is 0.0230. The third-order valence-electron chi connectivity index (χ3n) is 4.14. The fourth-order valence-corrected chi connectivity index (χ4v) is 3.99. The number of aryl methyl sites for hydroxylation is 1. The van der Waals surface area contributed by atoms with Crippen LogP contribution in [-0.2, 0) is 19.4 Å². The zero-order valence-corrected chi connectivity index (χ0v) is 13.8. The summed E-state index contributed by atoms with van der Waals surface area (Å²) in [5.41, 5.74) is 2.41. The highest BCUT2D eigenvalue weighted by Gasteiger charge is 2.20. The summed E-state index contributed by atoms with van der Waals surface area (Å²) in [5, 5.41) is 3.00. The van der Waals surface area contributed by atoms with Gasteiger partial charge in [-0.05, 0) is 54.5 Å². The van der Waals surface area contributed by atoms with Gasteiger partial charge in [-0.15, -0.1) is 11.3 Å². The van der Waals surface area contributed by atoms with Crippen LogP contribution in [0.1, 0.15) is 39.0 Å². The number of benzene rings is 1. The van der Waals surface area contributed by atoms with Crippen molar-refractivity contribution in [3.63, 3.8) is 0 Å². The van der Waals surface area contributed by atoms with Gasteiger partial charge >= 0.3 is 0 Å². The van der Waals surface area contributed by atoms with E-state index in [1.54, 1.807) is 18.4 Å². The third-order valence-corrected chi connectivity index (χ3v) is 5.38. The summed E-state index contributed by atoms with van der Waals surface area (Å²) < 4.78 is 5.20. The SMILES string of the molecule is COc1cccc(CNC(=O)c2cc3c(s2)CC[C@@H](C)C3)c1. The summed E-state index contributed by atoms with van der Waals surface area (Å²) in [4.78, 5) is 14.6. The van der Waals surface area contributed by atoms with Crippen molar-refractivity contribution in [3.05, 3.63) is 51.2 Å². The average Bonchev–Trinajstić information content (AvgIpc) is 2.96. The predicted molar refractivity (Wildman–Crippen MR) is 89.7 cm³/mol. The maximum atomic E-state index is 12.3. The number of carbonyl (C=O) groups excluding carboxylic acids is 1. The number of ether oxygens (including phenoxy) is 1. The van der Waals surface area contributed by atoms with Gasteiger partial charge in [-0.25, -0.2) is 0 Å². The van der Waals surface area contributed by atoms with E-state index in [2.05, 4.69) is 18.3 Å². The summed E-state index contributed by atoms with van der Waals surface area (Å²) in [5.74, 6) is 1.57. The Labute approximate surface area is 135 Å². The van der Waals surface area contributed by atoms with Gasteiger partial charge in [0, 0.05) is 11.4 Å². The third kappa shape index (κ3) is 3.33. The zero-order valence-electron chi connectivity index (χ0n) is 13.0. The zero-order chi connectivity index (χ0) is 15.5. The molecule has 0 bridgehead atoms. The van der Waals surface area contributed by atoms with Crippen LogP contribution in [0, 0.1) is 5.92 Å². The Bertz CT molecular complexity index is 677. The Hall–Kier alpha value is -1.81. The van der Waals surface area contributed by atoms with E-state index in [9.17, 15) is 4.79 Å². The van der Waals surface area contributed by atoms with E-state index >= 15 is 0 Å². The van der Waals surface area contributed by atoms with Gasteiger partial charge < -0.3 is 10.1 Å². The molecular weight excluding hydrogens is 294 g/mol. The van der Waals surface area contributed by atoms with E-state index in [0.717, 1.165) is 34.9 Å². The first-order valence-corrected chi connectivity index (χ1v) is 8.50. The molecule has 22 heavy (non-hydrogen) atoms. The first-order chi connectivity index (χ1) is 10.7. The molecule has 1 N–H and O–H groups in total. The highest BCUT2D eigenvalue weighted by molar-refractivity contribution is 7.14. The number of nitrogens with one attached hydrogen (secondary N) is 1. The molecule has 1 aliphatic rings. The van der Waals surface area contributed by atoms with E-state index in [4.69, 9.17) is 4.74 Å².